The third-order valence-corrected chi connectivity index (χ3v) is 6.38. The first-order chi connectivity index (χ1) is 13.6. The molecule has 0 atom stereocenters. The fraction of sp³-hybridized carbons (Fsp3) is 0.261. The number of hydrogen-bond acceptors (Lipinski definition) is 2. The van der Waals surface area contributed by atoms with Crippen LogP contribution < -0.4 is 9.80 Å². The van der Waals surface area contributed by atoms with Crippen LogP contribution in [0, 0.1) is 6.92 Å². The predicted octanol–water partition coefficient (Wildman–Crippen LogP) is 4.15. The molecule has 5 nitrogen and oxygen atoms in total. The third-order valence-electron chi connectivity index (χ3n) is 6.38. The van der Waals surface area contributed by atoms with Gasteiger partial charge in [0.2, 0.25) is 0 Å². The molecule has 28 heavy (non-hydrogen) atoms. The largest absolute Gasteiger partial charge is 0.374 e. The summed E-state index contributed by atoms with van der Waals surface area (Å²) in [7, 11) is 2.13. The lowest BCUT2D eigenvalue weighted by molar-refractivity contribution is 0.0985. The summed E-state index contributed by atoms with van der Waals surface area (Å²) >= 11 is 0. The lowest BCUT2D eigenvalue weighted by Crippen LogP contribution is -2.29. The molecule has 0 saturated carbocycles. The highest BCUT2D eigenvalue weighted by Crippen LogP contribution is 2.37. The van der Waals surface area contributed by atoms with Crippen molar-refractivity contribution in [2.75, 3.05) is 29.9 Å². The van der Waals surface area contributed by atoms with Crippen molar-refractivity contribution in [2.24, 2.45) is 0 Å². The van der Waals surface area contributed by atoms with E-state index in [0.717, 1.165) is 48.3 Å². The van der Waals surface area contributed by atoms with Crippen molar-refractivity contribution >= 4 is 39.1 Å². The van der Waals surface area contributed by atoms with Crippen molar-refractivity contribution in [3.8, 4) is 0 Å². The molecule has 140 valence electrons. The van der Waals surface area contributed by atoms with Gasteiger partial charge in [-0.15, -0.1) is 0 Å². The van der Waals surface area contributed by atoms with Crippen LogP contribution in [-0.4, -0.2) is 36.0 Å². The molecule has 2 aliphatic rings. The Labute approximate surface area is 162 Å². The summed E-state index contributed by atoms with van der Waals surface area (Å²) in [4.78, 5) is 24.3. The number of benzene rings is 2. The van der Waals surface area contributed by atoms with E-state index in [-0.39, 0.29) is 5.91 Å². The fourth-order valence-corrected chi connectivity index (χ4v) is 5.00. The number of rotatable bonds is 1. The molecule has 0 saturated heterocycles. The van der Waals surface area contributed by atoms with E-state index < -0.39 is 0 Å². The van der Waals surface area contributed by atoms with Gasteiger partial charge >= 0.3 is 0 Å². The highest BCUT2D eigenvalue weighted by Gasteiger charge is 2.29. The molecule has 1 amide bonds. The molecular formula is C23H22N4O. The Morgan fingerprint density at radius 3 is 2.43 bits per heavy atom. The second-order valence-electron chi connectivity index (χ2n) is 8.06. The minimum Gasteiger partial charge on any atom is -0.374 e. The van der Waals surface area contributed by atoms with Crippen molar-refractivity contribution in [3.05, 3.63) is 58.9 Å². The summed E-state index contributed by atoms with van der Waals surface area (Å²) < 4.78 is 0. The van der Waals surface area contributed by atoms with Gasteiger partial charge in [-0.25, -0.2) is 0 Å². The first kappa shape index (κ1) is 15.8. The van der Waals surface area contributed by atoms with Gasteiger partial charge in [0.25, 0.3) is 5.91 Å². The van der Waals surface area contributed by atoms with Crippen LogP contribution in [0.15, 0.2) is 36.4 Å². The lowest BCUT2D eigenvalue weighted by atomic mass is 10.1. The van der Waals surface area contributed by atoms with E-state index in [1.807, 2.05) is 11.0 Å². The van der Waals surface area contributed by atoms with Gasteiger partial charge in [0, 0.05) is 59.0 Å². The summed E-state index contributed by atoms with van der Waals surface area (Å²) in [5.41, 5.74) is 8.97. The number of carbonyl (C=O) groups is 1. The van der Waals surface area contributed by atoms with Gasteiger partial charge in [0.05, 0.1) is 0 Å². The molecule has 0 aliphatic carbocycles. The number of hydrogen-bond donors (Lipinski definition) is 2. The molecule has 0 radical (unpaired) electrons. The quantitative estimate of drug-likeness (QED) is 0.529. The van der Waals surface area contributed by atoms with Gasteiger partial charge in [-0.05, 0) is 67.3 Å². The average Bonchev–Trinajstić information content (AvgIpc) is 3.43. The zero-order valence-electron chi connectivity index (χ0n) is 16.1. The van der Waals surface area contributed by atoms with Crippen LogP contribution in [0.3, 0.4) is 0 Å². The van der Waals surface area contributed by atoms with Crippen LogP contribution >= 0.6 is 0 Å². The fourth-order valence-electron chi connectivity index (χ4n) is 5.00. The van der Waals surface area contributed by atoms with E-state index in [4.69, 9.17) is 0 Å². The molecule has 2 N–H and O–H groups in total. The molecule has 2 aliphatic heterocycles. The van der Waals surface area contributed by atoms with Gasteiger partial charge in [0.1, 0.15) is 5.69 Å². The van der Waals surface area contributed by atoms with E-state index >= 15 is 0 Å². The van der Waals surface area contributed by atoms with Crippen molar-refractivity contribution in [1.82, 2.24) is 9.97 Å². The maximum Gasteiger partial charge on any atom is 0.274 e. The Balaban J connectivity index is 1.43. The molecule has 4 aromatic rings. The second kappa shape index (κ2) is 5.41. The van der Waals surface area contributed by atoms with Gasteiger partial charge in [-0.3, -0.25) is 4.79 Å². The van der Waals surface area contributed by atoms with Crippen molar-refractivity contribution in [1.29, 1.82) is 0 Å². The third kappa shape index (κ3) is 2.04. The van der Waals surface area contributed by atoms with E-state index in [9.17, 15) is 4.79 Å². The first-order valence-electron chi connectivity index (χ1n) is 9.89. The SMILES string of the molecule is Cc1cc2c3c(ccc2[nH]1)N(C(=O)c1cc2c4c(ccc2[nH]1)N(C)CC4)CC3. The summed E-state index contributed by atoms with van der Waals surface area (Å²) in [5, 5.41) is 2.42. The highest BCUT2D eigenvalue weighted by atomic mass is 16.2. The number of anilines is 2. The Morgan fingerprint density at radius 2 is 1.57 bits per heavy atom. The topological polar surface area (TPSA) is 55.1 Å². The first-order valence-corrected chi connectivity index (χ1v) is 9.89. The van der Waals surface area contributed by atoms with Gasteiger partial charge in [-0.2, -0.15) is 0 Å². The van der Waals surface area contributed by atoms with Crippen LogP contribution in [0.1, 0.15) is 27.3 Å². The smallest absolute Gasteiger partial charge is 0.274 e. The second-order valence-corrected chi connectivity index (χ2v) is 8.06. The van der Waals surface area contributed by atoms with Crippen molar-refractivity contribution in [2.45, 2.75) is 19.8 Å². The van der Waals surface area contributed by atoms with Crippen LogP contribution in [0.5, 0.6) is 0 Å². The number of nitrogens with one attached hydrogen (secondary N) is 2. The number of carbonyl (C=O) groups excluding carboxylic acids is 1. The normalized spacial score (nSPS) is 15.6. The number of aromatic nitrogens is 2. The number of nitrogens with zero attached hydrogens (tertiary/aromatic N) is 2. The van der Waals surface area contributed by atoms with Crippen LogP contribution in [0.4, 0.5) is 11.4 Å². The Hall–Kier alpha value is -3.21. The van der Waals surface area contributed by atoms with E-state index in [1.54, 1.807) is 0 Å². The zero-order chi connectivity index (χ0) is 19.0. The van der Waals surface area contributed by atoms with Crippen LogP contribution in [0.25, 0.3) is 21.8 Å². The van der Waals surface area contributed by atoms with E-state index in [1.165, 1.54) is 27.6 Å². The minimum absolute atomic E-state index is 0.0571. The Morgan fingerprint density at radius 1 is 0.893 bits per heavy atom. The number of amides is 1. The van der Waals surface area contributed by atoms with E-state index in [2.05, 4.69) is 59.2 Å². The molecule has 0 fully saturated rings. The maximum atomic E-state index is 13.4. The monoisotopic (exact) mass is 370 g/mol. The van der Waals surface area contributed by atoms with Crippen molar-refractivity contribution in [3.63, 3.8) is 0 Å². The van der Waals surface area contributed by atoms with Gasteiger partial charge in [-0.1, -0.05) is 0 Å². The molecule has 0 bridgehead atoms. The Bertz CT molecular complexity index is 1280. The Kier molecular flexibility index (Phi) is 3.05. The summed E-state index contributed by atoms with van der Waals surface area (Å²) in [6.45, 7) is 3.84. The summed E-state index contributed by atoms with van der Waals surface area (Å²) in [6, 6.07) is 12.6. The van der Waals surface area contributed by atoms with Crippen molar-refractivity contribution < 1.29 is 4.79 Å². The van der Waals surface area contributed by atoms with Gasteiger partial charge in [0.15, 0.2) is 0 Å². The lowest BCUT2D eigenvalue weighted by Gasteiger charge is -2.16. The molecule has 2 aromatic carbocycles. The maximum absolute atomic E-state index is 13.4. The molecule has 4 heterocycles. The number of aryl methyl sites for hydroxylation is 1. The predicted molar refractivity (Wildman–Crippen MR) is 114 cm³/mol. The minimum atomic E-state index is 0.0571. The van der Waals surface area contributed by atoms with E-state index in [0.29, 0.717) is 5.69 Å². The summed E-state index contributed by atoms with van der Waals surface area (Å²) in [5.74, 6) is 0.0571. The number of likely N-dealkylation sites (N-methyl/N-ethyl adjacent to an activating group) is 1. The molecule has 0 spiro atoms. The molecular weight excluding hydrogens is 348 g/mol. The summed E-state index contributed by atoms with van der Waals surface area (Å²) in [6.07, 6.45) is 1.93. The number of H-pyrrole nitrogens is 2. The molecule has 6 rings (SSSR count). The van der Waals surface area contributed by atoms with Gasteiger partial charge < -0.3 is 19.8 Å². The standard InChI is InChI=1S/C23H22N4O/c1-13-11-16-15-8-10-27(22(15)6-4-18(16)24-13)23(28)20-12-17-14-7-9-26(2)21(14)5-3-19(17)25-20/h3-6,11-12,24-25H,7-10H2,1-2H3. The number of fused-ring (bicyclic) bond motifs is 6. The number of aromatic amines is 2. The molecule has 5 heteroatoms. The molecule has 2 aromatic heterocycles. The molecule has 0 unspecified atom stereocenters. The van der Waals surface area contributed by atoms with Crippen LogP contribution in [0.2, 0.25) is 0 Å². The zero-order valence-corrected chi connectivity index (χ0v) is 16.1. The highest BCUT2D eigenvalue weighted by molar-refractivity contribution is 6.10. The van der Waals surface area contributed by atoms with Crippen LogP contribution in [-0.2, 0) is 12.8 Å². The average molecular weight is 370 g/mol.